The Hall–Kier alpha value is -1.04. The van der Waals surface area contributed by atoms with E-state index in [9.17, 15) is 18.4 Å². The second-order valence-electron chi connectivity index (χ2n) is 3.35. The highest BCUT2D eigenvalue weighted by atomic mass is 19.3. The summed E-state index contributed by atoms with van der Waals surface area (Å²) >= 11 is 0. The van der Waals surface area contributed by atoms with Crippen molar-refractivity contribution in [3.63, 3.8) is 0 Å². The molecule has 1 aliphatic heterocycles. The number of halogens is 2. The zero-order chi connectivity index (χ0) is 10.9. The number of nitrogens with zero attached hydrogens (tertiary/aromatic N) is 1. The lowest BCUT2D eigenvalue weighted by Gasteiger charge is -2.17. The molecule has 0 radical (unpaired) electrons. The summed E-state index contributed by atoms with van der Waals surface area (Å²) in [5, 5.41) is 8.81. The van der Waals surface area contributed by atoms with Gasteiger partial charge >= 0.3 is 0 Å². The van der Waals surface area contributed by atoms with Gasteiger partial charge in [-0.05, 0) is 0 Å². The van der Waals surface area contributed by atoms with E-state index in [0.717, 1.165) is 0 Å². The van der Waals surface area contributed by atoms with Crippen LogP contribution in [0.25, 0.3) is 0 Å². The van der Waals surface area contributed by atoms with E-state index in [1.165, 1.54) is 0 Å². The standard InChI is InChI=1S/C8H11F2NO3/c1-4-2-6(13)11(8(4)14)3-5(12)7(9)10/h4-5,7,12H,2-3H2,1H3. The number of aliphatic hydroxyl groups excluding tert-OH is 1. The number of β-amino-alcohol motifs (C(OH)–C–C–N with tert-alkyl or cyclic N) is 1. The topological polar surface area (TPSA) is 57.6 Å². The Kier molecular flexibility index (Phi) is 3.15. The van der Waals surface area contributed by atoms with Gasteiger partial charge < -0.3 is 5.11 Å². The number of hydrogen-bond acceptors (Lipinski definition) is 3. The third-order valence-electron chi connectivity index (χ3n) is 2.13. The van der Waals surface area contributed by atoms with Gasteiger partial charge in [0.05, 0.1) is 6.54 Å². The van der Waals surface area contributed by atoms with Crippen LogP contribution in [0.2, 0.25) is 0 Å². The molecule has 0 spiro atoms. The first-order valence-corrected chi connectivity index (χ1v) is 4.24. The molecule has 2 unspecified atom stereocenters. The van der Waals surface area contributed by atoms with E-state index in [0.29, 0.717) is 4.90 Å². The van der Waals surface area contributed by atoms with Gasteiger partial charge in [-0.1, -0.05) is 6.92 Å². The Morgan fingerprint density at radius 2 is 2.14 bits per heavy atom. The van der Waals surface area contributed by atoms with E-state index in [4.69, 9.17) is 5.11 Å². The molecule has 0 aliphatic carbocycles. The van der Waals surface area contributed by atoms with Crippen molar-refractivity contribution in [2.75, 3.05) is 6.54 Å². The van der Waals surface area contributed by atoms with Crippen LogP contribution in [-0.2, 0) is 9.59 Å². The SMILES string of the molecule is CC1CC(=O)N(CC(O)C(F)F)C1=O. The molecule has 4 nitrogen and oxygen atoms in total. The van der Waals surface area contributed by atoms with Crippen molar-refractivity contribution in [1.29, 1.82) is 0 Å². The van der Waals surface area contributed by atoms with Gasteiger partial charge in [-0.15, -0.1) is 0 Å². The summed E-state index contributed by atoms with van der Waals surface area (Å²) in [5.74, 6) is -1.45. The minimum atomic E-state index is -2.94. The zero-order valence-corrected chi connectivity index (χ0v) is 7.61. The number of rotatable bonds is 3. The molecule has 1 heterocycles. The number of imide groups is 1. The Balaban J connectivity index is 2.61. The quantitative estimate of drug-likeness (QED) is 0.663. The average molecular weight is 207 g/mol. The molecule has 0 bridgehead atoms. The lowest BCUT2D eigenvalue weighted by Crippen LogP contribution is -2.39. The molecule has 0 saturated carbocycles. The zero-order valence-electron chi connectivity index (χ0n) is 7.61. The van der Waals surface area contributed by atoms with Gasteiger partial charge in [-0.25, -0.2) is 8.78 Å². The van der Waals surface area contributed by atoms with Crippen LogP contribution < -0.4 is 0 Å². The monoisotopic (exact) mass is 207 g/mol. The van der Waals surface area contributed by atoms with Gasteiger partial charge in [0, 0.05) is 12.3 Å². The first-order chi connectivity index (χ1) is 6.43. The molecular weight excluding hydrogens is 196 g/mol. The fraction of sp³-hybridized carbons (Fsp3) is 0.750. The normalized spacial score (nSPS) is 24.9. The largest absolute Gasteiger partial charge is 0.385 e. The van der Waals surface area contributed by atoms with Crippen LogP contribution in [0.1, 0.15) is 13.3 Å². The summed E-state index contributed by atoms with van der Waals surface area (Å²) in [4.78, 5) is 23.0. The van der Waals surface area contributed by atoms with Crippen molar-refractivity contribution in [2.45, 2.75) is 25.9 Å². The van der Waals surface area contributed by atoms with E-state index in [1.807, 2.05) is 0 Å². The van der Waals surface area contributed by atoms with Crippen LogP contribution in [0.4, 0.5) is 8.78 Å². The van der Waals surface area contributed by atoms with E-state index in [-0.39, 0.29) is 6.42 Å². The van der Waals surface area contributed by atoms with Crippen LogP contribution in [0.3, 0.4) is 0 Å². The van der Waals surface area contributed by atoms with Crippen LogP contribution in [0.15, 0.2) is 0 Å². The second-order valence-corrected chi connectivity index (χ2v) is 3.35. The summed E-state index contributed by atoms with van der Waals surface area (Å²) in [7, 11) is 0. The molecule has 0 aromatic carbocycles. The maximum atomic E-state index is 11.9. The molecule has 2 amide bonds. The highest BCUT2D eigenvalue weighted by Gasteiger charge is 2.37. The highest BCUT2D eigenvalue weighted by Crippen LogP contribution is 2.19. The van der Waals surface area contributed by atoms with Crippen LogP contribution in [0, 0.1) is 5.92 Å². The number of alkyl halides is 2. The van der Waals surface area contributed by atoms with Crippen LogP contribution in [0.5, 0.6) is 0 Å². The molecule has 1 saturated heterocycles. The number of hydrogen-bond donors (Lipinski definition) is 1. The van der Waals surface area contributed by atoms with E-state index < -0.39 is 36.8 Å². The first kappa shape index (κ1) is 11.0. The van der Waals surface area contributed by atoms with E-state index in [2.05, 4.69) is 0 Å². The number of carbonyl (C=O) groups is 2. The predicted molar refractivity (Wildman–Crippen MR) is 42.5 cm³/mol. The van der Waals surface area contributed by atoms with E-state index in [1.54, 1.807) is 6.92 Å². The van der Waals surface area contributed by atoms with Crippen molar-refractivity contribution in [3.8, 4) is 0 Å². The Morgan fingerprint density at radius 3 is 2.50 bits per heavy atom. The minimum absolute atomic E-state index is 0.0365. The van der Waals surface area contributed by atoms with Gasteiger partial charge in [0.15, 0.2) is 0 Å². The number of aliphatic hydroxyl groups is 1. The Bertz CT molecular complexity index is 257. The first-order valence-electron chi connectivity index (χ1n) is 4.24. The van der Waals surface area contributed by atoms with Gasteiger partial charge in [0.1, 0.15) is 6.10 Å². The van der Waals surface area contributed by atoms with Crippen molar-refractivity contribution in [1.82, 2.24) is 4.90 Å². The minimum Gasteiger partial charge on any atom is -0.385 e. The maximum absolute atomic E-state index is 11.9. The molecule has 6 heteroatoms. The number of amides is 2. The molecule has 14 heavy (non-hydrogen) atoms. The molecule has 2 atom stereocenters. The van der Waals surface area contributed by atoms with Gasteiger partial charge in [-0.2, -0.15) is 0 Å². The third kappa shape index (κ3) is 2.06. The lowest BCUT2D eigenvalue weighted by atomic mass is 10.1. The fourth-order valence-electron chi connectivity index (χ4n) is 1.31. The van der Waals surface area contributed by atoms with E-state index >= 15 is 0 Å². The second kappa shape index (κ2) is 4.00. The van der Waals surface area contributed by atoms with Gasteiger partial charge in [0.25, 0.3) is 6.43 Å². The Morgan fingerprint density at radius 1 is 1.57 bits per heavy atom. The van der Waals surface area contributed by atoms with Crippen molar-refractivity contribution >= 4 is 11.8 Å². The van der Waals surface area contributed by atoms with Gasteiger partial charge in [0.2, 0.25) is 11.8 Å². The summed E-state index contributed by atoms with van der Waals surface area (Å²) < 4.78 is 23.9. The lowest BCUT2D eigenvalue weighted by molar-refractivity contribution is -0.142. The number of likely N-dealkylation sites (tertiary alicyclic amines) is 1. The molecule has 1 rings (SSSR count). The highest BCUT2D eigenvalue weighted by molar-refractivity contribution is 6.03. The third-order valence-corrected chi connectivity index (χ3v) is 2.13. The van der Waals surface area contributed by atoms with Crippen LogP contribution in [-0.4, -0.2) is 40.9 Å². The molecule has 0 aromatic heterocycles. The molecular formula is C8H11F2NO3. The molecule has 80 valence electrons. The smallest absolute Gasteiger partial charge is 0.265 e. The molecule has 0 aromatic rings. The maximum Gasteiger partial charge on any atom is 0.265 e. The molecule has 1 fully saturated rings. The van der Waals surface area contributed by atoms with Gasteiger partial charge in [-0.3, -0.25) is 14.5 Å². The molecule has 1 N–H and O–H groups in total. The molecule has 1 aliphatic rings. The van der Waals surface area contributed by atoms with Crippen molar-refractivity contribution < 1.29 is 23.5 Å². The van der Waals surface area contributed by atoms with Crippen molar-refractivity contribution in [2.24, 2.45) is 5.92 Å². The van der Waals surface area contributed by atoms with Crippen molar-refractivity contribution in [3.05, 3.63) is 0 Å². The van der Waals surface area contributed by atoms with Crippen LogP contribution >= 0.6 is 0 Å². The average Bonchev–Trinajstić information content (AvgIpc) is 2.32. The fourth-order valence-corrected chi connectivity index (χ4v) is 1.31. The Labute approximate surface area is 79.5 Å². The summed E-state index contributed by atoms with van der Waals surface area (Å²) in [6, 6.07) is 0. The summed E-state index contributed by atoms with van der Waals surface area (Å²) in [6.07, 6.45) is -4.85. The summed E-state index contributed by atoms with van der Waals surface area (Å²) in [6.45, 7) is 0.939. The predicted octanol–water partition coefficient (Wildman–Crippen LogP) is 0.00740. The summed E-state index contributed by atoms with van der Waals surface area (Å²) in [5.41, 5.74) is 0. The number of carbonyl (C=O) groups excluding carboxylic acids is 2.